The molecule has 1 rings (SSSR count). The van der Waals surface area contributed by atoms with Crippen LogP contribution in [-0.2, 0) is 14.4 Å². The van der Waals surface area contributed by atoms with Gasteiger partial charge in [-0.2, -0.15) is 0 Å². The number of nitrogens with one attached hydrogen (secondary N) is 1. The summed E-state index contributed by atoms with van der Waals surface area (Å²) in [5, 5.41) is 2.53. The summed E-state index contributed by atoms with van der Waals surface area (Å²) in [6, 6.07) is 0. The number of amides is 3. The Bertz CT molecular complexity index is 234. The van der Waals surface area contributed by atoms with Gasteiger partial charge in [-0.1, -0.05) is 0 Å². The second kappa shape index (κ2) is 4.02. The lowest BCUT2D eigenvalue weighted by Crippen LogP contribution is -2.39. The van der Waals surface area contributed by atoms with Crippen molar-refractivity contribution in [1.82, 2.24) is 10.2 Å². The maximum Gasteiger partial charge on any atom is 0.240 e. The first kappa shape index (κ1) is 9.70. The van der Waals surface area contributed by atoms with E-state index in [1.54, 1.807) is 6.92 Å². The van der Waals surface area contributed by atoms with Crippen LogP contribution in [0, 0.1) is 0 Å². The van der Waals surface area contributed by atoms with Crippen LogP contribution >= 0.6 is 0 Å². The van der Waals surface area contributed by atoms with Gasteiger partial charge in [0.1, 0.15) is 6.54 Å². The zero-order valence-corrected chi connectivity index (χ0v) is 7.50. The van der Waals surface area contributed by atoms with Gasteiger partial charge in [-0.05, 0) is 6.92 Å². The molecule has 1 N–H and O–H groups in total. The third-order valence-electron chi connectivity index (χ3n) is 1.83. The molecule has 1 aliphatic rings. The highest BCUT2D eigenvalue weighted by molar-refractivity contribution is 6.04. The number of nitrogens with zero attached hydrogens (tertiary/aromatic N) is 1. The molecule has 1 aliphatic heterocycles. The Labute approximate surface area is 76.1 Å². The van der Waals surface area contributed by atoms with Gasteiger partial charge in [-0.15, -0.1) is 0 Å². The molecule has 0 aromatic carbocycles. The lowest BCUT2D eigenvalue weighted by molar-refractivity contribution is -0.142. The number of rotatable bonds is 3. The van der Waals surface area contributed by atoms with E-state index in [4.69, 9.17) is 0 Å². The van der Waals surface area contributed by atoms with Crippen LogP contribution in [0.1, 0.15) is 19.8 Å². The normalized spacial score (nSPS) is 16.5. The van der Waals surface area contributed by atoms with Gasteiger partial charge in [0.15, 0.2) is 0 Å². The molecule has 5 nitrogen and oxygen atoms in total. The molecule has 1 heterocycles. The number of carbonyl (C=O) groups excluding carboxylic acids is 3. The van der Waals surface area contributed by atoms with E-state index in [1.165, 1.54) is 0 Å². The van der Waals surface area contributed by atoms with Gasteiger partial charge in [0.05, 0.1) is 0 Å². The van der Waals surface area contributed by atoms with Crippen LogP contribution in [0.5, 0.6) is 0 Å². The van der Waals surface area contributed by atoms with E-state index in [-0.39, 0.29) is 37.1 Å². The third kappa shape index (κ3) is 2.27. The Hall–Kier alpha value is -1.39. The molecule has 5 heteroatoms. The predicted molar refractivity (Wildman–Crippen MR) is 44.6 cm³/mol. The van der Waals surface area contributed by atoms with Gasteiger partial charge < -0.3 is 5.32 Å². The van der Waals surface area contributed by atoms with Crippen LogP contribution in [0.15, 0.2) is 0 Å². The lowest BCUT2D eigenvalue weighted by atomic mass is 10.4. The van der Waals surface area contributed by atoms with Gasteiger partial charge in [-0.25, -0.2) is 0 Å². The molecular weight excluding hydrogens is 172 g/mol. The quantitative estimate of drug-likeness (QED) is 0.588. The van der Waals surface area contributed by atoms with Crippen LogP contribution in [0.25, 0.3) is 0 Å². The molecule has 1 fully saturated rings. The molecule has 0 spiro atoms. The van der Waals surface area contributed by atoms with E-state index < -0.39 is 0 Å². The van der Waals surface area contributed by atoms with Gasteiger partial charge in [0.25, 0.3) is 0 Å². The molecule has 0 bridgehead atoms. The highest BCUT2D eigenvalue weighted by atomic mass is 16.2. The summed E-state index contributed by atoms with van der Waals surface area (Å²) in [6.07, 6.45) is 0.469. The van der Waals surface area contributed by atoms with Crippen LogP contribution in [0.4, 0.5) is 0 Å². The molecule has 0 aliphatic carbocycles. The summed E-state index contributed by atoms with van der Waals surface area (Å²) < 4.78 is 0. The largest absolute Gasteiger partial charge is 0.355 e. The maximum absolute atomic E-state index is 11.0. The summed E-state index contributed by atoms with van der Waals surface area (Å²) in [5.74, 6) is -0.793. The van der Waals surface area contributed by atoms with Crippen molar-refractivity contribution in [2.45, 2.75) is 19.8 Å². The van der Waals surface area contributed by atoms with Crippen LogP contribution in [-0.4, -0.2) is 35.7 Å². The number of likely N-dealkylation sites (N-methyl/N-ethyl adjacent to an activating group) is 1. The monoisotopic (exact) mass is 184 g/mol. The first-order valence-corrected chi connectivity index (χ1v) is 4.25. The van der Waals surface area contributed by atoms with E-state index >= 15 is 0 Å². The van der Waals surface area contributed by atoms with Crippen molar-refractivity contribution < 1.29 is 14.4 Å². The molecule has 3 amide bonds. The average Bonchev–Trinajstić information content (AvgIpc) is 2.36. The van der Waals surface area contributed by atoms with Gasteiger partial charge in [0.2, 0.25) is 17.7 Å². The minimum absolute atomic E-state index is 0.133. The fourth-order valence-corrected chi connectivity index (χ4v) is 1.20. The summed E-state index contributed by atoms with van der Waals surface area (Å²) in [5.41, 5.74) is 0. The van der Waals surface area contributed by atoms with E-state index in [9.17, 15) is 14.4 Å². The molecule has 0 aromatic rings. The van der Waals surface area contributed by atoms with Gasteiger partial charge >= 0.3 is 0 Å². The van der Waals surface area contributed by atoms with Crippen molar-refractivity contribution in [3.05, 3.63) is 0 Å². The molecule has 0 saturated carbocycles. The van der Waals surface area contributed by atoms with Crippen molar-refractivity contribution in [3.8, 4) is 0 Å². The number of carbonyl (C=O) groups is 3. The second-order valence-electron chi connectivity index (χ2n) is 2.83. The van der Waals surface area contributed by atoms with E-state index in [0.29, 0.717) is 6.54 Å². The van der Waals surface area contributed by atoms with Crippen molar-refractivity contribution in [2.75, 3.05) is 13.1 Å². The second-order valence-corrected chi connectivity index (χ2v) is 2.83. The first-order valence-electron chi connectivity index (χ1n) is 4.25. The highest BCUT2D eigenvalue weighted by Gasteiger charge is 2.29. The van der Waals surface area contributed by atoms with E-state index in [2.05, 4.69) is 5.32 Å². The smallest absolute Gasteiger partial charge is 0.240 e. The van der Waals surface area contributed by atoms with Crippen molar-refractivity contribution in [3.63, 3.8) is 0 Å². The number of imide groups is 1. The Morgan fingerprint density at radius 2 is 1.92 bits per heavy atom. The fourth-order valence-electron chi connectivity index (χ4n) is 1.20. The molecule has 72 valence electrons. The lowest BCUT2D eigenvalue weighted by Gasteiger charge is -2.12. The minimum Gasteiger partial charge on any atom is -0.355 e. The summed E-state index contributed by atoms with van der Waals surface area (Å²) in [4.78, 5) is 34.1. The zero-order chi connectivity index (χ0) is 9.84. The Balaban J connectivity index is 2.48. The molecule has 0 unspecified atom stereocenters. The van der Waals surface area contributed by atoms with Crippen molar-refractivity contribution >= 4 is 17.7 Å². The fraction of sp³-hybridized carbons (Fsp3) is 0.625. The molecular formula is C8H12N2O3. The molecule has 13 heavy (non-hydrogen) atoms. The third-order valence-corrected chi connectivity index (χ3v) is 1.83. The SMILES string of the molecule is CCNC(=O)CN1C(=O)CCC1=O. The maximum atomic E-state index is 11.0. The standard InChI is InChI=1S/C8H12N2O3/c1-2-9-6(11)5-10-7(12)3-4-8(10)13/h2-5H2,1H3,(H,9,11). The van der Waals surface area contributed by atoms with Crippen LogP contribution < -0.4 is 5.32 Å². The van der Waals surface area contributed by atoms with E-state index in [0.717, 1.165) is 4.90 Å². The Kier molecular flexibility index (Phi) is 3.00. The molecule has 0 atom stereocenters. The Morgan fingerprint density at radius 1 is 1.38 bits per heavy atom. The number of likely N-dealkylation sites (tertiary alicyclic amines) is 1. The van der Waals surface area contributed by atoms with Crippen molar-refractivity contribution in [1.29, 1.82) is 0 Å². The zero-order valence-electron chi connectivity index (χ0n) is 7.50. The topological polar surface area (TPSA) is 66.5 Å². The summed E-state index contributed by atoms with van der Waals surface area (Å²) in [7, 11) is 0. The van der Waals surface area contributed by atoms with Crippen molar-refractivity contribution in [2.24, 2.45) is 0 Å². The van der Waals surface area contributed by atoms with Crippen LogP contribution in [0.2, 0.25) is 0 Å². The summed E-state index contributed by atoms with van der Waals surface area (Å²) in [6.45, 7) is 2.16. The predicted octanol–water partition coefficient (Wildman–Crippen LogP) is -0.729. The molecule has 1 saturated heterocycles. The summed E-state index contributed by atoms with van der Waals surface area (Å²) >= 11 is 0. The molecule has 0 aromatic heterocycles. The van der Waals surface area contributed by atoms with Crippen LogP contribution in [0.3, 0.4) is 0 Å². The highest BCUT2D eigenvalue weighted by Crippen LogP contribution is 2.10. The minimum atomic E-state index is -0.286. The number of hydrogen-bond donors (Lipinski definition) is 1. The molecule has 0 radical (unpaired) electrons. The first-order chi connectivity index (χ1) is 6.15. The average molecular weight is 184 g/mol. The number of hydrogen-bond acceptors (Lipinski definition) is 3. The Morgan fingerprint density at radius 3 is 2.38 bits per heavy atom. The van der Waals surface area contributed by atoms with Gasteiger partial charge in [-0.3, -0.25) is 19.3 Å². The van der Waals surface area contributed by atoms with Gasteiger partial charge in [0, 0.05) is 19.4 Å². The van der Waals surface area contributed by atoms with E-state index in [1.807, 2.05) is 0 Å².